The van der Waals surface area contributed by atoms with Crippen molar-refractivity contribution in [2.45, 2.75) is 6.61 Å². The van der Waals surface area contributed by atoms with Crippen LogP contribution in [0.1, 0.15) is 5.56 Å². The van der Waals surface area contributed by atoms with E-state index in [4.69, 9.17) is 9.57 Å². The van der Waals surface area contributed by atoms with Crippen LogP contribution in [0.4, 0.5) is 4.79 Å². The highest BCUT2D eigenvalue weighted by Crippen LogP contribution is 2.15. The van der Waals surface area contributed by atoms with Crippen molar-refractivity contribution < 1.29 is 14.4 Å². The minimum atomic E-state index is -0.633. The van der Waals surface area contributed by atoms with Crippen LogP contribution < -0.4 is 10.3 Å². The molecular weight excluding hydrogens is 310 g/mol. The van der Waals surface area contributed by atoms with Crippen LogP contribution in [0.25, 0.3) is 0 Å². The molecule has 2 aromatic carbocycles. The Hall–Kier alpha value is -2.01. The SMILES string of the molecule is O=C(NOc1ccc(Br)cc1)OCc1ccccc1. The van der Waals surface area contributed by atoms with E-state index in [1.807, 2.05) is 42.5 Å². The van der Waals surface area contributed by atoms with Crippen molar-refractivity contribution in [3.63, 3.8) is 0 Å². The van der Waals surface area contributed by atoms with Crippen LogP contribution in [0.3, 0.4) is 0 Å². The van der Waals surface area contributed by atoms with Crippen molar-refractivity contribution in [3.05, 3.63) is 64.6 Å². The normalized spacial score (nSPS) is 9.74. The Morgan fingerprint density at radius 3 is 2.42 bits per heavy atom. The molecule has 0 aliphatic rings. The predicted octanol–water partition coefficient (Wildman–Crippen LogP) is 3.67. The third kappa shape index (κ3) is 4.63. The number of carbonyl (C=O) groups excluding carboxylic acids is 1. The van der Waals surface area contributed by atoms with Crippen molar-refractivity contribution >= 4 is 22.0 Å². The molecule has 1 N–H and O–H groups in total. The summed E-state index contributed by atoms with van der Waals surface area (Å²) in [7, 11) is 0. The number of halogens is 1. The number of ether oxygens (including phenoxy) is 1. The first kappa shape index (κ1) is 13.4. The van der Waals surface area contributed by atoms with Crippen LogP contribution in [-0.4, -0.2) is 6.09 Å². The molecule has 0 radical (unpaired) electrons. The van der Waals surface area contributed by atoms with E-state index in [2.05, 4.69) is 21.4 Å². The molecule has 0 atom stereocenters. The van der Waals surface area contributed by atoms with Crippen LogP contribution in [0.2, 0.25) is 0 Å². The standard InChI is InChI=1S/C14H12BrNO3/c15-12-6-8-13(9-7-12)19-16-14(17)18-10-11-4-2-1-3-5-11/h1-9H,10H2,(H,16,17). The number of nitrogens with one attached hydrogen (secondary N) is 1. The van der Waals surface area contributed by atoms with Gasteiger partial charge in [-0.2, -0.15) is 5.48 Å². The van der Waals surface area contributed by atoms with Gasteiger partial charge in [-0.25, -0.2) is 4.79 Å². The molecule has 0 aliphatic heterocycles. The minimum Gasteiger partial charge on any atom is -0.443 e. The molecule has 0 bridgehead atoms. The molecule has 98 valence electrons. The first-order chi connectivity index (χ1) is 9.24. The monoisotopic (exact) mass is 321 g/mol. The van der Waals surface area contributed by atoms with Gasteiger partial charge in [0.25, 0.3) is 0 Å². The third-order valence-electron chi connectivity index (χ3n) is 2.28. The lowest BCUT2D eigenvalue weighted by Crippen LogP contribution is -2.27. The van der Waals surface area contributed by atoms with Crippen LogP contribution >= 0.6 is 15.9 Å². The maximum Gasteiger partial charge on any atom is 0.440 e. The van der Waals surface area contributed by atoms with E-state index in [9.17, 15) is 4.79 Å². The number of carbonyl (C=O) groups is 1. The fourth-order valence-electron chi connectivity index (χ4n) is 1.36. The Balaban J connectivity index is 1.74. The van der Waals surface area contributed by atoms with Gasteiger partial charge in [0.1, 0.15) is 6.61 Å². The van der Waals surface area contributed by atoms with Gasteiger partial charge in [-0.1, -0.05) is 46.3 Å². The lowest BCUT2D eigenvalue weighted by atomic mass is 10.2. The number of amides is 1. The van der Waals surface area contributed by atoms with E-state index in [1.165, 1.54) is 0 Å². The molecule has 0 saturated heterocycles. The van der Waals surface area contributed by atoms with E-state index in [1.54, 1.807) is 12.1 Å². The number of hydrogen-bond acceptors (Lipinski definition) is 3. The fraction of sp³-hybridized carbons (Fsp3) is 0.0714. The van der Waals surface area contributed by atoms with E-state index >= 15 is 0 Å². The Morgan fingerprint density at radius 2 is 1.74 bits per heavy atom. The highest BCUT2D eigenvalue weighted by molar-refractivity contribution is 9.10. The van der Waals surface area contributed by atoms with Crippen LogP contribution in [0, 0.1) is 0 Å². The van der Waals surface area contributed by atoms with Gasteiger partial charge in [-0.3, -0.25) is 0 Å². The molecule has 0 heterocycles. The smallest absolute Gasteiger partial charge is 0.440 e. The van der Waals surface area contributed by atoms with Crippen LogP contribution in [0.15, 0.2) is 59.1 Å². The quantitative estimate of drug-likeness (QED) is 0.874. The molecule has 2 aromatic rings. The maximum atomic E-state index is 11.4. The molecule has 2 rings (SSSR count). The van der Waals surface area contributed by atoms with E-state index in [0.717, 1.165) is 10.0 Å². The van der Waals surface area contributed by atoms with Crippen molar-refractivity contribution in [1.82, 2.24) is 5.48 Å². The molecule has 0 aliphatic carbocycles. The third-order valence-corrected chi connectivity index (χ3v) is 2.81. The van der Waals surface area contributed by atoms with Gasteiger partial charge in [-0.05, 0) is 29.8 Å². The summed E-state index contributed by atoms with van der Waals surface area (Å²) in [4.78, 5) is 16.5. The molecule has 1 amide bonds. The molecule has 19 heavy (non-hydrogen) atoms. The summed E-state index contributed by atoms with van der Waals surface area (Å²) >= 11 is 3.31. The zero-order chi connectivity index (χ0) is 13.5. The lowest BCUT2D eigenvalue weighted by molar-refractivity contribution is 0.0947. The summed E-state index contributed by atoms with van der Waals surface area (Å²) in [5, 5.41) is 0. The van der Waals surface area contributed by atoms with E-state index in [0.29, 0.717) is 5.75 Å². The summed E-state index contributed by atoms with van der Waals surface area (Å²) in [6.45, 7) is 0.205. The Kier molecular flexibility index (Phi) is 4.80. The molecule has 4 nitrogen and oxygen atoms in total. The van der Waals surface area contributed by atoms with Gasteiger partial charge in [0, 0.05) is 4.47 Å². The summed E-state index contributed by atoms with van der Waals surface area (Å²) in [5.41, 5.74) is 3.13. The second-order valence-electron chi connectivity index (χ2n) is 3.72. The van der Waals surface area contributed by atoms with Crippen molar-refractivity contribution in [2.24, 2.45) is 0 Å². The second-order valence-corrected chi connectivity index (χ2v) is 4.64. The molecule has 5 heteroatoms. The van der Waals surface area contributed by atoms with Crippen molar-refractivity contribution in [2.75, 3.05) is 0 Å². The molecule has 0 spiro atoms. The van der Waals surface area contributed by atoms with Crippen LogP contribution in [-0.2, 0) is 11.3 Å². The lowest BCUT2D eigenvalue weighted by Gasteiger charge is -2.08. The minimum absolute atomic E-state index is 0.205. The van der Waals surface area contributed by atoms with Gasteiger partial charge >= 0.3 is 6.09 Å². The number of hydrogen-bond donors (Lipinski definition) is 1. The molecule has 0 aromatic heterocycles. The number of benzene rings is 2. The predicted molar refractivity (Wildman–Crippen MR) is 74.5 cm³/mol. The topological polar surface area (TPSA) is 47.6 Å². The Labute approximate surface area is 119 Å². The van der Waals surface area contributed by atoms with Gasteiger partial charge in [0.05, 0.1) is 0 Å². The Morgan fingerprint density at radius 1 is 1.05 bits per heavy atom. The summed E-state index contributed by atoms with van der Waals surface area (Å²) in [5.74, 6) is 0.528. The van der Waals surface area contributed by atoms with Gasteiger partial charge in [0.2, 0.25) is 0 Å². The van der Waals surface area contributed by atoms with Crippen molar-refractivity contribution in [3.8, 4) is 5.75 Å². The molecule has 0 saturated carbocycles. The van der Waals surface area contributed by atoms with E-state index in [-0.39, 0.29) is 6.61 Å². The van der Waals surface area contributed by atoms with Gasteiger partial charge in [0.15, 0.2) is 5.75 Å². The first-order valence-electron chi connectivity index (χ1n) is 5.63. The molecular formula is C14H12BrNO3. The van der Waals surface area contributed by atoms with Gasteiger partial charge in [-0.15, -0.1) is 0 Å². The number of rotatable bonds is 4. The van der Waals surface area contributed by atoms with Gasteiger partial charge < -0.3 is 9.57 Å². The largest absolute Gasteiger partial charge is 0.443 e. The van der Waals surface area contributed by atoms with Crippen molar-refractivity contribution in [1.29, 1.82) is 0 Å². The second kappa shape index (κ2) is 6.80. The summed E-state index contributed by atoms with van der Waals surface area (Å²) in [6, 6.07) is 16.5. The highest BCUT2D eigenvalue weighted by atomic mass is 79.9. The molecule has 0 unspecified atom stereocenters. The fourth-order valence-corrected chi connectivity index (χ4v) is 1.62. The summed E-state index contributed by atoms with van der Waals surface area (Å²) in [6.07, 6.45) is -0.633. The zero-order valence-corrected chi connectivity index (χ0v) is 11.6. The van der Waals surface area contributed by atoms with E-state index < -0.39 is 6.09 Å². The highest BCUT2D eigenvalue weighted by Gasteiger charge is 2.03. The Bertz CT molecular complexity index is 528. The average molecular weight is 322 g/mol. The maximum absolute atomic E-state index is 11.4. The zero-order valence-electron chi connectivity index (χ0n) is 10.0. The summed E-state index contributed by atoms with van der Waals surface area (Å²) < 4.78 is 5.93. The first-order valence-corrected chi connectivity index (χ1v) is 6.42. The molecule has 0 fully saturated rings. The van der Waals surface area contributed by atoms with Crippen LogP contribution in [0.5, 0.6) is 5.75 Å². The average Bonchev–Trinajstić information content (AvgIpc) is 2.45. The number of hydroxylamine groups is 1.